The Morgan fingerprint density at radius 2 is 1.76 bits per heavy atom. The van der Waals surface area contributed by atoms with Gasteiger partial charge in [-0.05, 0) is 37.8 Å². The lowest BCUT2D eigenvalue weighted by Crippen LogP contribution is -2.36. The van der Waals surface area contributed by atoms with Gasteiger partial charge in [-0.15, -0.1) is 0 Å². The van der Waals surface area contributed by atoms with Crippen molar-refractivity contribution < 1.29 is 14.7 Å². The van der Waals surface area contributed by atoms with Crippen molar-refractivity contribution in [2.75, 3.05) is 11.4 Å². The Morgan fingerprint density at radius 3 is 2.33 bits per heavy atom. The molecule has 0 spiro atoms. The number of anilines is 1. The number of rotatable bonds is 5. The summed E-state index contributed by atoms with van der Waals surface area (Å²) in [5.41, 5.74) is 1.76. The molecule has 1 N–H and O–H groups in total. The summed E-state index contributed by atoms with van der Waals surface area (Å²) in [5.74, 6) is -0.645. The maximum atomic E-state index is 12.5. The maximum Gasteiger partial charge on any atom is 0.323 e. The summed E-state index contributed by atoms with van der Waals surface area (Å²) < 4.78 is 0. The first kappa shape index (κ1) is 15.5. The van der Waals surface area contributed by atoms with Gasteiger partial charge in [0.15, 0.2) is 0 Å². The molecular formula is C17H23NO3. The van der Waals surface area contributed by atoms with Crippen molar-refractivity contribution in [3.8, 4) is 0 Å². The molecule has 2 rings (SSSR count). The van der Waals surface area contributed by atoms with Crippen LogP contribution in [0.4, 0.5) is 5.69 Å². The zero-order chi connectivity index (χ0) is 15.2. The summed E-state index contributed by atoms with van der Waals surface area (Å²) in [7, 11) is 0. The average molecular weight is 289 g/mol. The lowest BCUT2D eigenvalue weighted by Gasteiger charge is -2.26. The third-order valence-electron chi connectivity index (χ3n) is 4.13. The van der Waals surface area contributed by atoms with Gasteiger partial charge in [0.2, 0.25) is 5.91 Å². The number of carboxylic acids is 1. The van der Waals surface area contributed by atoms with Crippen LogP contribution in [0.3, 0.4) is 0 Å². The third-order valence-corrected chi connectivity index (χ3v) is 4.13. The molecule has 4 nitrogen and oxygen atoms in total. The molecule has 1 aromatic carbocycles. The molecule has 1 aliphatic carbocycles. The Labute approximate surface area is 125 Å². The highest BCUT2D eigenvalue weighted by Gasteiger charge is 2.23. The molecule has 1 saturated carbocycles. The third kappa shape index (κ3) is 4.59. The van der Waals surface area contributed by atoms with Gasteiger partial charge in [0, 0.05) is 12.1 Å². The number of carbonyl (C=O) groups excluding carboxylic acids is 1. The zero-order valence-corrected chi connectivity index (χ0v) is 12.5. The van der Waals surface area contributed by atoms with Crippen LogP contribution in [0.25, 0.3) is 0 Å². The first-order chi connectivity index (χ1) is 10.1. The number of carboxylic acid groups (broad SMARTS) is 1. The first-order valence-corrected chi connectivity index (χ1v) is 7.65. The lowest BCUT2D eigenvalue weighted by atomic mass is 9.86. The van der Waals surface area contributed by atoms with Crippen LogP contribution in [0.5, 0.6) is 0 Å². The summed E-state index contributed by atoms with van der Waals surface area (Å²) in [6, 6.07) is 7.43. The SMILES string of the molecule is Cc1ccc(N(CC(=O)O)C(=O)CC2CCCCC2)cc1. The number of nitrogens with zero attached hydrogens (tertiary/aromatic N) is 1. The van der Waals surface area contributed by atoms with Crippen LogP contribution < -0.4 is 4.90 Å². The van der Waals surface area contributed by atoms with Crippen molar-refractivity contribution in [3.63, 3.8) is 0 Å². The van der Waals surface area contributed by atoms with Crippen LogP contribution in [-0.4, -0.2) is 23.5 Å². The molecule has 0 aliphatic heterocycles. The molecule has 0 bridgehead atoms. The predicted molar refractivity (Wildman–Crippen MR) is 82.4 cm³/mol. The Bertz CT molecular complexity index is 489. The Kier molecular flexibility index (Phi) is 5.37. The van der Waals surface area contributed by atoms with E-state index < -0.39 is 5.97 Å². The summed E-state index contributed by atoms with van der Waals surface area (Å²) in [6.07, 6.45) is 6.24. The van der Waals surface area contributed by atoms with Crippen LogP contribution in [0, 0.1) is 12.8 Å². The highest BCUT2D eigenvalue weighted by molar-refractivity contribution is 5.97. The quantitative estimate of drug-likeness (QED) is 0.904. The van der Waals surface area contributed by atoms with Crippen LogP contribution >= 0.6 is 0 Å². The van der Waals surface area contributed by atoms with E-state index >= 15 is 0 Å². The van der Waals surface area contributed by atoms with E-state index in [1.54, 1.807) is 0 Å². The minimum absolute atomic E-state index is 0.0758. The van der Waals surface area contributed by atoms with Gasteiger partial charge in [-0.3, -0.25) is 9.59 Å². The molecule has 1 aromatic rings. The molecule has 0 radical (unpaired) electrons. The van der Waals surface area contributed by atoms with Gasteiger partial charge >= 0.3 is 5.97 Å². The van der Waals surface area contributed by atoms with Crippen molar-refractivity contribution in [2.45, 2.75) is 45.4 Å². The number of hydrogen-bond donors (Lipinski definition) is 1. The van der Waals surface area contributed by atoms with Gasteiger partial charge in [-0.1, -0.05) is 37.0 Å². The molecule has 0 aromatic heterocycles. The number of carbonyl (C=O) groups is 2. The molecule has 1 aliphatic rings. The van der Waals surface area contributed by atoms with Crippen LogP contribution in [-0.2, 0) is 9.59 Å². The van der Waals surface area contributed by atoms with Gasteiger partial charge in [-0.2, -0.15) is 0 Å². The fourth-order valence-corrected chi connectivity index (χ4v) is 2.93. The van der Waals surface area contributed by atoms with Crippen LogP contribution in [0.2, 0.25) is 0 Å². The summed E-state index contributed by atoms with van der Waals surface area (Å²) >= 11 is 0. The lowest BCUT2D eigenvalue weighted by molar-refractivity contribution is -0.136. The normalized spacial score (nSPS) is 15.7. The van der Waals surface area contributed by atoms with E-state index in [1.165, 1.54) is 24.2 Å². The fraction of sp³-hybridized carbons (Fsp3) is 0.529. The van der Waals surface area contributed by atoms with Gasteiger partial charge < -0.3 is 10.0 Å². The number of aliphatic carboxylic acids is 1. The van der Waals surface area contributed by atoms with E-state index in [1.807, 2.05) is 31.2 Å². The second-order valence-electron chi connectivity index (χ2n) is 5.92. The van der Waals surface area contributed by atoms with E-state index in [0.29, 0.717) is 18.0 Å². The van der Waals surface area contributed by atoms with Crippen molar-refractivity contribution >= 4 is 17.6 Å². The molecule has 21 heavy (non-hydrogen) atoms. The average Bonchev–Trinajstić information content (AvgIpc) is 2.46. The standard InChI is InChI=1S/C17H23NO3/c1-13-7-9-15(10-8-13)18(12-17(20)21)16(19)11-14-5-3-2-4-6-14/h7-10,14H,2-6,11-12H2,1H3,(H,20,21). The number of aryl methyl sites for hydroxylation is 1. The van der Waals surface area contributed by atoms with E-state index in [9.17, 15) is 9.59 Å². The summed E-state index contributed by atoms with van der Waals surface area (Å²) in [4.78, 5) is 24.9. The number of benzene rings is 1. The van der Waals surface area contributed by atoms with Gasteiger partial charge in [0.1, 0.15) is 6.54 Å². The number of hydrogen-bond acceptors (Lipinski definition) is 2. The molecule has 1 fully saturated rings. The van der Waals surface area contributed by atoms with E-state index in [-0.39, 0.29) is 12.5 Å². The molecule has 0 atom stereocenters. The second-order valence-corrected chi connectivity index (χ2v) is 5.92. The maximum absolute atomic E-state index is 12.5. The molecule has 0 saturated heterocycles. The number of amides is 1. The Morgan fingerprint density at radius 1 is 1.14 bits per heavy atom. The largest absolute Gasteiger partial charge is 0.480 e. The minimum atomic E-state index is -0.979. The summed E-state index contributed by atoms with van der Waals surface area (Å²) in [6.45, 7) is 1.70. The monoisotopic (exact) mass is 289 g/mol. The van der Waals surface area contributed by atoms with Crippen LogP contribution in [0.1, 0.15) is 44.1 Å². The van der Waals surface area contributed by atoms with Gasteiger partial charge in [0.05, 0.1) is 0 Å². The van der Waals surface area contributed by atoms with Crippen LogP contribution in [0.15, 0.2) is 24.3 Å². The molecule has 0 unspecified atom stereocenters. The van der Waals surface area contributed by atoms with Crippen molar-refractivity contribution in [1.82, 2.24) is 0 Å². The highest BCUT2D eigenvalue weighted by atomic mass is 16.4. The zero-order valence-electron chi connectivity index (χ0n) is 12.5. The molecule has 114 valence electrons. The first-order valence-electron chi connectivity index (χ1n) is 7.65. The summed E-state index contributed by atoms with van der Waals surface area (Å²) in [5, 5.41) is 9.06. The molecular weight excluding hydrogens is 266 g/mol. The highest BCUT2D eigenvalue weighted by Crippen LogP contribution is 2.28. The fourth-order valence-electron chi connectivity index (χ4n) is 2.93. The Balaban J connectivity index is 2.08. The van der Waals surface area contributed by atoms with E-state index in [0.717, 1.165) is 18.4 Å². The van der Waals surface area contributed by atoms with Crippen molar-refractivity contribution in [3.05, 3.63) is 29.8 Å². The van der Waals surface area contributed by atoms with Gasteiger partial charge in [0.25, 0.3) is 0 Å². The Hall–Kier alpha value is -1.84. The topological polar surface area (TPSA) is 57.6 Å². The van der Waals surface area contributed by atoms with E-state index in [2.05, 4.69) is 0 Å². The molecule has 1 amide bonds. The van der Waals surface area contributed by atoms with E-state index in [4.69, 9.17) is 5.11 Å². The minimum Gasteiger partial charge on any atom is -0.480 e. The van der Waals surface area contributed by atoms with Crippen molar-refractivity contribution in [1.29, 1.82) is 0 Å². The second kappa shape index (κ2) is 7.25. The smallest absolute Gasteiger partial charge is 0.323 e. The van der Waals surface area contributed by atoms with Gasteiger partial charge in [-0.25, -0.2) is 0 Å². The van der Waals surface area contributed by atoms with Crippen molar-refractivity contribution in [2.24, 2.45) is 5.92 Å². The molecule has 0 heterocycles. The predicted octanol–water partition coefficient (Wildman–Crippen LogP) is 3.38. The molecule has 4 heteroatoms.